The molecule has 0 N–H and O–H groups in total. The van der Waals surface area contributed by atoms with Crippen molar-refractivity contribution in [1.82, 2.24) is 4.90 Å². The molecular weight excluding hydrogens is 450 g/mol. The zero-order chi connectivity index (χ0) is 23.7. The van der Waals surface area contributed by atoms with Crippen molar-refractivity contribution in [2.75, 3.05) is 19.9 Å². The average Bonchev–Trinajstić information content (AvgIpc) is 3.15. The first kappa shape index (κ1) is 22.5. The highest BCUT2D eigenvalue weighted by Crippen LogP contribution is 2.43. The molecular formula is C28H26ClNO4. The lowest BCUT2D eigenvalue weighted by Gasteiger charge is -2.30. The van der Waals surface area contributed by atoms with Crippen LogP contribution in [0.3, 0.4) is 0 Å². The Kier molecular flexibility index (Phi) is 6.31. The van der Waals surface area contributed by atoms with Crippen molar-refractivity contribution in [3.63, 3.8) is 0 Å². The molecule has 0 atom stereocenters. The molecule has 5 nitrogen and oxygen atoms in total. The highest BCUT2D eigenvalue weighted by atomic mass is 35.5. The summed E-state index contributed by atoms with van der Waals surface area (Å²) in [5, 5.41) is 0.742. The molecule has 2 heterocycles. The number of nitrogens with zero attached hydrogens (tertiary/aromatic N) is 1. The summed E-state index contributed by atoms with van der Waals surface area (Å²) in [4.78, 5) is 15.4. The number of halogens is 1. The fourth-order valence-electron chi connectivity index (χ4n) is 4.36. The van der Waals surface area contributed by atoms with E-state index in [9.17, 15) is 4.79 Å². The number of carbonyl (C=O) groups is 1. The van der Waals surface area contributed by atoms with Crippen molar-refractivity contribution in [1.29, 1.82) is 0 Å². The van der Waals surface area contributed by atoms with E-state index in [1.54, 1.807) is 6.08 Å². The Morgan fingerprint density at radius 3 is 2.59 bits per heavy atom. The van der Waals surface area contributed by atoms with Crippen LogP contribution in [0.4, 0.5) is 0 Å². The van der Waals surface area contributed by atoms with Gasteiger partial charge in [-0.15, -0.1) is 0 Å². The van der Waals surface area contributed by atoms with Crippen LogP contribution in [0.5, 0.6) is 17.2 Å². The van der Waals surface area contributed by atoms with Crippen LogP contribution in [-0.2, 0) is 13.0 Å². The summed E-state index contributed by atoms with van der Waals surface area (Å²) < 4.78 is 17.6. The number of carbonyl (C=O) groups excluding carboxylic acids is 1. The van der Waals surface area contributed by atoms with Gasteiger partial charge in [-0.25, -0.2) is 0 Å². The van der Waals surface area contributed by atoms with Gasteiger partial charge in [0.25, 0.3) is 0 Å². The maximum Gasteiger partial charge on any atom is 0.231 e. The van der Waals surface area contributed by atoms with Crippen LogP contribution < -0.4 is 14.2 Å². The largest absolute Gasteiger partial charge is 0.494 e. The highest BCUT2D eigenvalue weighted by Gasteiger charge is 2.33. The first-order valence-corrected chi connectivity index (χ1v) is 11.8. The van der Waals surface area contributed by atoms with Gasteiger partial charge in [0, 0.05) is 29.2 Å². The number of Topliss-reactive ketones (excluding diaryl/α,β-unsaturated/α-hetero) is 1. The molecule has 5 rings (SSSR count). The van der Waals surface area contributed by atoms with Gasteiger partial charge >= 0.3 is 0 Å². The van der Waals surface area contributed by atoms with E-state index in [0.29, 0.717) is 30.4 Å². The number of hydrogen-bond donors (Lipinski definition) is 0. The molecule has 34 heavy (non-hydrogen) atoms. The molecule has 2 aliphatic heterocycles. The number of ketones is 1. The van der Waals surface area contributed by atoms with Crippen LogP contribution in [0.15, 0.2) is 60.4 Å². The molecule has 3 aromatic rings. The average molecular weight is 476 g/mol. The molecule has 6 heteroatoms. The number of ether oxygens (including phenoxy) is 3. The number of fused-ring (bicyclic) bond motifs is 2. The molecule has 0 aromatic heterocycles. The molecule has 174 valence electrons. The van der Waals surface area contributed by atoms with Crippen LogP contribution >= 0.6 is 11.6 Å². The van der Waals surface area contributed by atoms with Gasteiger partial charge in [-0.2, -0.15) is 0 Å². The van der Waals surface area contributed by atoms with Crippen molar-refractivity contribution >= 4 is 23.5 Å². The Balaban J connectivity index is 1.32. The van der Waals surface area contributed by atoms with Gasteiger partial charge in [-0.05, 0) is 67.8 Å². The third kappa shape index (κ3) is 4.54. The van der Waals surface area contributed by atoms with Crippen molar-refractivity contribution in [2.24, 2.45) is 0 Å². The Morgan fingerprint density at radius 2 is 1.85 bits per heavy atom. The smallest absolute Gasteiger partial charge is 0.231 e. The summed E-state index contributed by atoms with van der Waals surface area (Å²) in [6.07, 6.45) is 2.67. The predicted molar refractivity (Wildman–Crippen MR) is 133 cm³/mol. The monoisotopic (exact) mass is 475 g/mol. The predicted octanol–water partition coefficient (Wildman–Crippen LogP) is 6.06. The molecule has 3 aromatic carbocycles. The van der Waals surface area contributed by atoms with Gasteiger partial charge in [0.15, 0.2) is 5.76 Å². The van der Waals surface area contributed by atoms with E-state index in [-0.39, 0.29) is 5.78 Å². The third-order valence-electron chi connectivity index (χ3n) is 6.12. The second-order valence-electron chi connectivity index (χ2n) is 8.51. The van der Waals surface area contributed by atoms with E-state index in [4.69, 9.17) is 25.8 Å². The molecule has 0 spiro atoms. The van der Waals surface area contributed by atoms with E-state index in [0.717, 1.165) is 52.7 Å². The molecule has 0 bridgehead atoms. The summed E-state index contributed by atoms with van der Waals surface area (Å²) in [6.45, 7) is 6.59. The maximum absolute atomic E-state index is 13.1. The lowest BCUT2D eigenvalue weighted by Crippen LogP contribution is -2.34. The number of hydrogen-bond acceptors (Lipinski definition) is 5. The second kappa shape index (κ2) is 9.53. The zero-order valence-electron chi connectivity index (χ0n) is 19.3. The molecule has 2 aliphatic rings. The SMILES string of the molecule is CCOc1ccc(/C=C2\Oc3c(cc4c(c3C)OCN(CCc3ccc(Cl)cc3)C4)C2=O)cc1. The zero-order valence-corrected chi connectivity index (χ0v) is 20.0. The van der Waals surface area contributed by atoms with Crippen molar-refractivity contribution in [2.45, 2.75) is 26.8 Å². The van der Waals surface area contributed by atoms with Crippen LogP contribution in [0.2, 0.25) is 5.02 Å². The van der Waals surface area contributed by atoms with Crippen LogP contribution in [0.25, 0.3) is 6.08 Å². The Morgan fingerprint density at radius 1 is 1.09 bits per heavy atom. The second-order valence-corrected chi connectivity index (χ2v) is 8.95. The molecule has 0 saturated heterocycles. The Hall–Kier alpha value is -3.28. The first-order valence-electron chi connectivity index (χ1n) is 11.4. The first-order chi connectivity index (χ1) is 16.5. The minimum atomic E-state index is -0.104. The lowest BCUT2D eigenvalue weighted by molar-refractivity contribution is 0.0954. The van der Waals surface area contributed by atoms with Gasteiger partial charge in [0.05, 0.1) is 12.2 Å². The standard InChI is InChI=1S/C28H26ClNO4/c1-3-32-23-10-6-20(7-11-23)14-25-26(31)24-15-21-16-30(13-12-19-4-8-22(29)9-5-19)17-33-27(21)18(2)28(24)34-25/h4-11,14-15H,3,12-13,16-17H2,1-2H3/b25-14-. The molecule has 0 radical (unpaired) electrons. The van der Waals surface area contributed by atoms with Crippen molar-refractivity contribution in [3.8, 4) is 17.2 Å². The summed E-state index contributed by atoms with van der Waals surface area (Å²) >= 11 is 5.99. The van der Waals surface area contributed by atoms with Gasteiger partial charge in [-0.1, -0.05) is 35.9 Å². The molecule has 0 unspecified atom stereocenters. The van der Waals surface area contributed by atoms with E-state index in [2.05, 4.69) is 4.90 Å². The minimum Gasteiger partial charge on any atom is -0.494 e. The van der Waals surface area contributed by atoms with Gasteiger partial charge < -0.3 is 14.2 Å². The number of rotatable bonds is 6. The van der Waals surface area contributed by atoms with Gasteiger partial charge in [0.1, 0.15) is 24.0 Å². The highest BCUT2D eigenvalue weighted by molar-refractivity contribution is 6.30. The number of allylic oxidation sites excluding steroid dienone is 1. The molecule has 0 fully saturated rings. The van der Waals surface area contributed by atoms with Crippen molar-refractivity contribution in [3.05, 3.63) is 93.2 Å². The summed E-state index contributed by atoms with van der Waals surface area (Å²) in [5.41, 5.74) is 4.59. The minimum absolute atomic E-state index is 0.104. The topological polar surface area (TPSA) is 48.0 Å². The van der Waals surface area contributed by atoms with Crippen LogP contribution in [0.1, 0.15) is 39.5 Å². The Labute approximate surface area is 204 Å². The summed E-state index contributed by atoms with van der Waals surface area (Å²) in [5.74, 6) is 2.43. The van der Waals surface area contributed by atoms with E-state index in [1.807, 2.05) is 68.4 Å². The molecule has 0 aliphatic carbocycles. The van der Waals surface area contributed by atoms with Crippen LogP contribution in [0, 0.1) is 6.92 Å². The lowest BCUT2D eigenvalue weighted by atomic mass is 10.00. The fraction of sp³-hybridized carbons (Fsp3) is 0.250. The van der Waals surface area contributed by atoms with Gasteiger partial charge in [-0.3, -0.25) is 9.69 Å². The van der Waals surface area contributed by atoms with E-state index < -0.39 is 0 Å². The number of benzene rings is 3. The quantitative estimate of drug-likeness (QED) is 0.406. The fourth-order valence-corrected chi connectivity index (χ4v) is 4.48. The Bertz CT molecular complexity index is 1250. The van der Waals surface area contributed by atoms with Crippen molar-refractivity contribution < 1.29 is 19.0 Å². The van der Waals surface area contributed by atoms with Gasteiger partial charge in [0.2, 0.25) is 5.78 Å². The summed E-state index contributed by atoms with van der Waals surface area (Å²) in [7, 11) is 0. The summed E-state index contributed by atoms with van der Waals surface area (Å²) in [6, 6.07) is 17.4. The molecule has 0 amide bonds. The van der Waals surface area contributed by atoms with E-state index in [1.165, 1.54) is 5.56 Å². The normalized spacial score (nSPS) is 16.1. The van der Waals surface area contributed by atoms with E-state index >= 15 is 0 Å². The van der Waals surface area contributed by atoms with Crippen LogP contribution in [-0.4, -0.2) is 30.6 Å². The molecule has 0 saturated carbocycles. The third-order valence-corrected chi connectivity index (χ3v) is 6.37. The maximum atomic E-state index is 13.1.